The Kier molecular flexibility index (Phi) is 5.17. The van der Waals surface area contributed by atoms with Gasteiger partial charge < -0.3 is 0 Å². The molecule has 130 valence electrons. The van der Waals surface area contributed by atoms with Crippen molar-refractivity contribution in [1.29, 1.82) is 0 Å². The second-order valence-electron chi connectivity index (χ2n) is 5.82. The summed E-state index contributed by atoms with van der Waals surface area (Å²) in [5.74, 6) is 0.245. The lowest BCUT2D eigenvalue weighted by Crippen LogP contribution is -2.10. The van der Waals surface area contributed by atoms with E-state index < -0.39 is 10.3 Å². The summed E-state index contributed by atoms with van der Waals surface area (Å²) in [7, 11) is -4.24. The lowest BCUT2D eigenvalue weighted by Gasteiger charge is -2.10. The van der Waals surface area contributed by atoms with Gasteiger partial charge in [-0.1, -0.05) is 49.4 Å². The number of hydrogen-bond acceptors (Lipinski definition) is 4. The van der Waals surface area contributed by atoms with Gasteiger partial charge in [0.25, 0.3) is 0 Å². The van der Waals surface area contributed by atoms with Gasteiger partial charge in [-0.2, -0.15) is 8.42 Å². The maximum atomic E-state index is 10.8. The summed E-state index contributed by atoms with van der Waals surface area (Å²) in [5.41, 5.74) is 3.57. The largest absolute Gasteiger partial charge is 0.357 e. The van der Waals surface area contributed by atoms with Crippen LogP contribution in [0.2, 0.25) is 0 Å². The van der Waals surface area contributed by atoms with Gasteiger partial charge in [0.1, 0.15) is 5.01 Å². The van der Waals surface area contributed by atoms with Crippen molar-refractivity contribution in [3.63, 3.8) is 0 Å². The van der Waals surface area contributed by atoms with Crippen molar-refractivity contribution in [2.24, 2.45) is 0 Å². The fourth-order valence-electron chi connectivity index (χ4n) is 2.54. The highest BCUT2D eigenvalue weighted by Gasteiger charge is 2.12. The fourth-order valence-corrected chi connectivity index (χ4v) is 3.92. The third-order valence-corrected chi connectivity index (χ3v) is 5.19. The third-order valence-electron chi connectivity index (χ3n) is 3.79. The van der Waals surface area contributed by atoms with Gasteiger partial charge in [-0.15, -0.1) is 11.3 Å². The van der Waals surface area contributed by atoms with E-state index in [4.69, 9.17) is 9.54 Å². The number of anilines is 1. The van der Waals surface area contributed by atoms with Crippen LogP contribution in [0, 0.1) is 0 Å². The Morgan fingerprint density at radius 3 is 2.44 bits per heavy atom. The Bertz CT molecular complexity index is 936. The lowest BCUT2D eigenvalue weighted by atomic mass is 9.98. The highest BCUT2D eigenvalue weighted by Crippen LogP contribution is 2.28. The first-order chi connectivity index (χ1) is 11.9. The first-order valence-corrected chi connectivity index (χ1v) is 10.1. The molecule has 0 aliphatic carbocycles. The van der Waals surface area contributed by atoms with E-state index in [9.17, 15) is 8.42 Å². The Balaban J connectivity index is 1.68. The molecule has 0 fully saturated rings. The molecule has 3 rings (SSSR count). The molecule has 2 N–H and O–H groups in total. The summed E-state index contributed by atoms with van der Waals surface area (Å²) in [6.07, 6.45) is 0.796. The Labute approximate surface area is 151 Å². The molecule has 2 aromatic carbocycles. The molecule has 0 saturated carbocycles. The van der Waals surface area contributed by atoms with Crippen LogP contribution in [0.4, 0.5) is 5.69 Å². The number of rotatable bonds is 6. The van der Waals surface area contributed by atoms with E-state index in [-0.39, 0.29) is 5.92 Å². The molecule has 0 unspecified atom stereocenters. The average molecular weight is 374 g/mol. The van der Waals surface area contributed by atoms with Gasteiger partial charge in [-0.25, -0.2) is 4.98 Å². The first-order valence-electron chi connectivity index (χ1n) is 7.76. The van der Waals surface area contributed by atoms with Crippen LogP contribution >= 0.6 is 11.3 Å². The zero-order valence-electron chi connectivity index (χ0n) is 13.6. The molecule has 0 aliphatic heterocycles. The summed E-state index contributed by atoms with van der Waals surface area (Å²) in [6.45, 7) is 2.12. The van der Waals surface area contributed by atoms with E-state index in [0.29, 0.717) is 5.69 Å². The number of nitrogens with zero attached hydrogens (tertiary/aromatic N) is 1. The van der Waals surface area contributed by atoms with Gasteiger partial charge in [0.15, 0.2) is 0 Å². The van der Waals surface area contributed by atoms with Crippen molar-refractivity contribution < 1.29 is 13.0 Å². The van der Waals surface area contributed by atoms with Gasteiger partial charge in [-0.3, -0.25) is 9.27 Å². The lowest BCUT2D eigenvalue weighted by molar-refractivity contribution is 0.489. The van der Waals surface area contributed by atoms with Crippen molar-refractivity contribution in [2.75, 3.05) is 4.72 Å². The van der Waals surface area contributed by atoms with Crippen LogP contribution in [0.5, 0.6) is 0 Å². The Morgan fingerprint density at radius 1 is 1.12 bits per heavy atom. The number of hydrogen-bond donors (Lipinski definition) is 2. The Morgan fingerprint density at radius 2 is 1.80 bits per heavy atom. The van der Waals surface area contributed by atoms with Gasteiger partial charge in [0.2, 0.25) is 0 Å². The molecular weight excluding hydrogens is 356 g/mol. The normalized spacial score (nSPS) is 12.7. The predicted octanol–water partition coefficient (Wildman–Crippen LogP) is 4.37. The Hall–Kier alpha value is -2.22. The van der Waals surface area contributed by atoms with E-state index in [1.807, 2.05) is 47.2 Å². The number of nitrogens with one attached hydrogen (secondary N) is 1. The molecule has 5 nitrogen and oxygen atoms in total. The molecular formula is C18H18N2O3S2. The van der Waals surface area contributed by atoms with Gasteiger partial charge in [0.05, 0.1) is 11.4 Å². The molecule has 3 aromatic rings. The summed E-state index contributed by atoms with van der Waals surface area (Å²) in [4.78, 5) is 4.74. The summed E-state index contributed by atoms with van der Waals surface area (Å²) < 4.78 is 32.4. The minimum atomic E-state index is -4.24. The van der Waals surface area contributed by atoms with Crippen molar-refractivity contribution in [2.45, 2.75) is 19.3 Å². The van der Waals surface area contributed by atoms with Gasteiger partial charge >= 0.3 is 10.3 Å². The topological polar surface area (TPSA) is 79.3 Å². The summed E-state index contributed by atoms with van der Waals surface area (Å²) >= 11 is 1.63. The SMILES string of the molecule is C[C@@H](Cc1ccc(NS(=O)(=O)O)cc1)c1csc(-c2ccccc2)n1. The molecule has 0 amide bonds. The highest BCUT2D eigenvalue weighted by molar-refractivity contribution is 7.87. The summed E-state index contributed by atoms with van der Waals surface area (Å²) in [6, 6.07) is 17.0. The number of aromatic nitrogens is 1. The highest BCUT2D eigenvalue weighted by atomic mass is 32.2. The van der Waals surface area contributed by atoms with E-state index in [2.05, 4.69) is 12.3 Å². The molecule has 25 heavy (non-hydrogen) atoms. The minimum Gasteiger partial charge on any atom is -0.269 e. The van der Waals surface area contributed by atoms with Crippen molar-refractivity contribution >= 4 is 27.3 Å². The average Bonchev–Trinajstić information content (AvgIpc) is 3.06. The van der Waals surface area contributed by atoms with Crippen LogP contribution < -0.4 is 4.72 Å². The standard InChI is InChI=1S/C18H18N2O3S2/c1-13(11-14-7-9-16(10-8-14)20-25(21,22)23)17-12-24-18(19-17)15-5-3-2-4-6-15/h2-10,12-13,20H,11H2,1H3,(H,21,22,23)/t13-/m0/s1. The smallest absolute Gasteiger partial charge is 0.269 e. The van der Waals surface area contributed by atoms with Crippen molar-refractivity contribution in [1.82, 2.24) is 4.98 Å². The van der Waals surface area contributed by atoms with Crippen LogP contribution in [0.25, 0.3) is 10.6 Å². The molecule has 7 heteroatoms. The molecule has 0 saturated heterocycles. The zero-order chi connectivity index (χ0) is 17.9. The van der Waals surface area contributed by atoms with E-state index >= 15 is 0 Å². The van der Waals surface area contributed by atoms with E-state index in [1.165, 1.54) is 0 Å². The van der Waals surface area contributed by atoms with Crippen molar-refractivity contribution in [3.05, 3.63) is 71.2 Å². The summed E-state index contributed by atoms with van der Waals surface area (Å²) in [5, 5.41) is 3.09. The number of thiazole rings is 1. The van der Waals surface area contributed by atoms with E-state index in [0.717, 1.165) is 28.2 Å². The van der Waals surface area contributed by atoms with Crippen LogP contribution in [-0.2, 0) is 16.7 Å². The molecule has 1 aromatic heterocycles. The molecule has 0 spiro atoms. The molecule has 0 aliphatic rings. The third kappa shape index (κ3) is 4.88. The van der Waals surface area contributed by atoms with Crippen molar-refractivity contribution in [3.8, 4) is 10.6 Å². The van der Waals surface area contributed by atoms with Gasteiger partial charge in [-0.05, 0) is 24.1 Å². The zero-order valence-corrected chi connectivity index (χ0v) is 15.2. The predicted molar refractivity (Wildman–Crippen MR) is 101 cm³/mol. The molecule has 1 atom stereocenters. The maximum Gasteiger partial charge on any atom is 0.357 e. The quantitative estimate of drug-likeness (QED) is 0.628. The van der Waals surface area contributed by atoms with Crippen LogP contribution in [0.1, 0.15) is 24.1 Å². The fraction of sp³-hybridized carbons (Fsp3) is 0.167. The van der Waals surface area contributed by atoms with Crippen LogP contribution in [-0.4, -0.2) is 18.0 Å². The maximum absolute atomic E-state index is 10.8. The number of benzene rings is 2. The first kappa shape index (κ1) is 17.6. The molecule has 1 heterocycles. The second kappa shape index (κ2) is 7.35. The molecule has 0 radical (unpaired) electrons. The van der Waals surface area contributed by atoms with Crippen LogP contribution in [0.3, 0.4) is 0 Å². The van der Waals surface area contributed by atoms with Crippen LogP contribution in [0.15, 0.2) is 60.0 Å². The second-order valence-corrected chi connectivity index (χ2v) is 7.84. The minimum absolute atomic E-state index is 0.245. The van der Waals surface area contributed by atoms with Gasteiger partial charge in [0, 0.05) is 16.9 Å². The molecule has 0 bridgehead atoms. The monoisotopic (exact) mass is 374 g/mol. The van der Waals surface area contributed by atoms with E-state index in [1.54, 1.807) is 23.5 Å².